The zero-order valence-corrected chi connectivity index (χ0v) is 17.1. The van der Waals surface area contributed by atoms with Gasteiger partial charge in [0.05, 0.1) is 30.3 Å². The molecule has 6 atom stereocenters. The molecule has 1 aliphatic heterocycles. The molecule has 0 spiro atoms. The van der Waals surface area contributed by atoms with Gasteiger partial charge in [-0.25, -0.2) is 0 Å². The van der Waals surface area contributed by atoms with Crippen molar-refractivity contribution in [1.29, 1.82) is 0 Å². The number of nitrogens with one attached hydrogen (secondary N) is 1. The summed E-state index contributed by atoms with van der Waals surface area (Å²) in [5.74, 6) is -2.10. The number of aliphatic carboxylic acids is 1. The van der Waals surface area contributed by atoms with Crippen molar-refractivity contribution in [2.24, 2.45) is 5.92 Å². The van der Waals surface area contributed by atoms with Crippen molar-refractivity contribution in [3.8, 4) is 0 Å². The minimum atomic E-state index is -1.56. The molecule has 1 saturated heterocycles. The van der Waals surface area contributed by atoms with Crippen LogP contribution in [-0.4, -0.2) is 55.0 Å². The molecule has 0 aromatic rings. The van der Waals surface area contributed by atoms with Gasteiger partial charge < -0.3 is 29.7 Å². The minimum absolute atomic E-state index is 0. The zero-order valence-electron chi connectivity index (χ0n) is 15.1. The van der Waals surface area contributed by atoms with E-state index in [1.54, 1.807) is 20.8 Å². The fourth-order valence-corrected chi connectivity index (χ4v) is 3.12. The van der Waals surface area contributed by atoms with Crippen LogP contribution >= 0.6 is 0 Å². The van der Waals surface area contributed by atoms with E-state index >= 15 is 0 Å². The molecule has 6 unspecified atom stereocenters. The van der Waals surface area contributed by atoms with Gasteiger partial charge in [-0.2, -0.15) is 0 Å². The second kappa shape index (κ2) is 10.1. The van der Waals surface area contributed by atoms with Crippen LogP contribution in [-0.2, 0) is 19.0 Å². The first-order valence-corrected chi connectivity index (χ1v) is 7.92. The maximum atomic E-state index is 11.6. The summed E-state index contributed by atoms with van der Waals surface area (Å²) in [7, 11) is 5.33. The number of carbonyl (C=O) groups is 2. The Morgan fingerprint density at radius 3 is 2.46 bits per heavy atom. The largest absolute Gasteiger partial charge is 1.00 e. The van der Waals surface area contributed by atoms with Gasteiger partial charge >= 0.3 is 29.6 Å². The molecule has 2 N–H and O–H groups in total. The van der Waals surface area contributed by atoms with Gasteiger partial charge in [0.2, 0.25) is 5.91 Å². The number of aliphatic hydroxyl groups is 1. The Hall–Kier alpha value is -0.115. The van der Waals surface area contributed by atoms with E-state index in [4.69, 9.17) is 17.4 Å². The van der Waals surface area contributed by atoms with Gasteiger partial charge in [-0.15, -0.1) is 0 Å². The van der Waals surface area contributed by atoms with Gasteiger partial charge in [0.15, 0.2) is 0 Å². The molecule has 0 saturated carbocycles. The van der Waals surface area contributed by atoms with Crippen LogP contribution in [0.3, 0.4) is 0 Å². The molecular weight excluding hydrogens is 324 g/mol. The first-order chi connectivity index (χ1) is 10.7. The van der Waals surface area contributed by atoms with Crippen LogP contribution in [0.4, 0.5) is 0 Å². The van der Waals surface area contributed by atoms with Crippen LogP contribution < -0.4 is 40.0 Å². The smallest absolute Gasteiger partial charge is 0.547 e. The van der Waals surface area contributed by atoms with E-state index in [-0.39, 0.29) is 48.3 Å². The maximum absolute atomic E-state index is 11.6. The van der Waals surface area contributed by atoms with Crippen molar-refractivity contribution in [3.05, 3.63) is 0 Å². The molecule has 1 rings (SSSR count). The number of amides is 1. The molecule has 1 fully saturated rings. The normalized spacial score (nSPS) is 32.3. The molecule has 7 nitrogen and oxygen atoms in total. The maximum Gasteiger partial charge on any atom is 1.00 e. The monoisotopic (exact) mass is 349 g/mol. The van der Waals surface area contributed by atoms with Crippen LogP contribution in [0.15, 0.2) is 0 Å². The molecule has 0 aromatic heterocycles. The van der Waals surface area contributed by atoms with Crippen LogP contribution in [0, 0.1) is 5.92 Å². The van der Waals surface area contributed by atoms with Crippen LogP contribution in [0.25, 0.3) is 0 Å². The number of aliphatic hydroxyl groups excluding tert-OH is 1. The molecule has 0 aliphatic carbocycles. The Labute approximate surface area is 166 Å². The number of rotatable bonds is 7. The van der Waals surface area contributed by atoms with E-state index in [9.17, 15) is 19.8 Å². The van der Waals surface area contributed by atoms with E-state index in [1.807, 2.05) is 0 Å². The number of hydrogen-bond donors (Lipinski definition) is 2. The predicted molar refractivity (Wildman–Crippen MR) is 81.2 cm³/mol. The number of carboxylic acid groups (broad SMARTS) is 1. The third kappa shape index (κ3) is 5.19. The van der Waals surface area contributed by atoms with E-state index in [1.165, 1.54) is 6.92 Å². The number of hydrogen-bond acceptors (Lipinski definition) is 6. The van der Waals surface area contributed by atoms with E-state index in [0.717, 1.165) is 0 Å². The van der Waals surface area contributed by atoms with Crippen molar-refractivity contribution in [3.63, 3.8) is 0 Å². The SMILES string of the molecule is [B]OC1CC(CC)(C(=O)[O-])OC(C(C)C(O)CC)C1NC(C)=O.[Na+]. The topological polar surface area (TPSA) is 108 Å². The third-order valence-corrected chi connectivity index (χ3v) is 4.68. The quantitative estimate of drug-likeness (QED) is 0.455. The van der Waals surface area contributed by atoms with Gasteiger partial charge in [0, 0.05) is 19.3 Å². The van der Waals surface area contributed by atoms with Gasteiger partial charge in [0.25, 0.3) is 8.05 Å². The average Bonchev–Trinajstić information content (AvgIpc) is 2.52. The average molecular weight is 349 g/mol. The van der Waals surface area contributed by atoms with Crippen molar-refractivity contribution >= 4 is 19.9 Å². The molecule has 1 amide bonds. The second-order valence-electron chi connectivity index (χ2n) is 6.16. The Balaban J connectivity index is 0.00000529. The van der Waals surface area contributed by atoms with Crippen molar-refractivity contribution in [2.45, 2.75) is 76.9 Å². The predicted octanol–water partition coefficient (Wildman–Crippen LogP) is -3.94. The van der Waals surface area contributed by atoms with Gasteiger partial charge in [0.1, 0.15) is 5.60 Å². The van der Waals surface area contributed by atoms with E-state index in [2.05, 4.69) is 5.32 Å². The molecule has 0 aromatic carbocycles. The van der Waals surface area contributed by atoms with Crippen LogP contribution in [0.5, 0.6) is 0 Å². The van der Waals surface area contributed by atoms with Crippen LogP contribution in [0.2, 0.25) is 0 Å². The van der Waals surface area contributed by atoms with Crippen molar-refractivity contribution < 1.29 is 58.8 Å². The van der Waals surface area contributed by atoms with E-state index in [0.29, 0.717) is 6.42 Å². The van der Waals surface area contributed by atoms with Gasteiger partial charge in [-0.05, 0) is 12.8 Å². The summed E-state index contributed by atoms with van der Waals surface area (Å²) in [5.41, 5.74) is -1.56. The van der Waals surface area contributed by atoms with Crippen molar-refractivity contribution in [1.82, 2.24) is 5.32 Å². The van der Waals surface area contributed by atoms with Gasteiger partial charge in [-0.3, -0.25) is 4.79 Å². The number of carbonyl (C=O) groups excluding carboxylic acids is 2. The van der Waals surface area contributed by atoms with Crippen LogP contribution in [0.1, 0.15) is 47.0 Å². The molecule has 2 radical (unpaired) electrons. The number of ether oxygens (including phenoxy) is 1. The zero-order chi connectivity index (χ0) is 17.8. The second-order valence-corrected chi connectivity index (χ2v) is 6.16. The summed E-state index contributed by atoms with van der Waals surface area (Å²) >= 11 is 0. The molecule has 9 heteroatoms. The Kier molecular flexibility index (Phi) is 10.1. The molecular formula is C15H25BNNaO6. The van der Waals surface area contributed by atoms with Gasteiger partial charge in [-0.1, -0.05) is 20.8 Å². The first-order valence-electron chi connectivity index (χ1n) is 7.92. The van der Waals surface area contributed by atoms with Crippen molar-refractivity contribution in [2.75, 3.05) is 0 Å². The third-order valence-electron chi connectivity index (χ3n) is 4.68. The molecule has 130 valence electrons. The fraction of sp³-hybridized carbons (Fsp3) is 0.867. The Bertz CT molecular complexity index is 440. The fourth-order valence-electron chi connectivity index (χ4n) is 3.12. The summed E-state index contributed by atoms with van der Waals surface area (Å²) < 4.78 is 10.8. The number of carboxylic acids is 1. The van der Waals surface area contributed by atoms with E-state index < -0.39 is 41.8 Å². The molecule has 24 heavy (non-hydrogen) atoms. The minimum Gasteiger partial charge on any atom is -0.547 e. The summed E-state index contributed by atoms with van der Waals surface area (Å²) in [4.78, 5) is 23.1. The summed E-state index contributed by atoms with van der Waals surface area (Å²) in [5, 5.41) is 24.5. The molecule has 0 bridgehead atoms. The summed E-state index contributed by atoms with van der Waals surface area (Å²) in [6, 6.07) is -0.660. The summed E-state index contributed by atoms with van der Waals surface area (Å²) in [6.45, 7) is 6.55. The standard InChI is InChI=1S/C15H26BNO6.Na/c1-5-10(19)8(3)13-12(17-9(4)18)11(23-16)7-15(6-2,22-13)14(20)21;/h8,10-13,19H,5-7H2,1-4H3,(H,17,18)(H,20,21);/q;+1/p-1. The molecule has 1 heterocycles. The molecule has 1 aliphatic rings. The summed E-state index contributed by atoms with van der Waals surface area (Å²) in [6.07, 6.45) is -1.67. The first kappa shape index (κ1) is 23.9. The Morgan fingerprint density at radius 2 is 2.08 bits per heavy atom. The Morgan fingerprint density at radius 1 is 1.50 bits per heavy atom.